The monoisotopic (exact) mass is 250 g/mol. The number of fused-ring (bicyclic) bond motifs is 1. The molecule has 0 bridgehead atoms. The largest absolute Gasteiger partial charge is 0.381 e. The summed E-state index contributed by atoms with van der Waals surface area (Å²) < 4.78 is 0. The van der Waals surface area contributed by atoms with Gasteiger partial charge >= 0.3 is 0 Å². The Hall–Kier alpha value is -0.890. The Morgan fingerprint density at radius 2 is 1.88 bits per heavy atom. The van der Waals surface area contributed by atoms with E-state index in [0.717, 1.165) is 17.5 Å². The van der Waals surface area contributed by atoms with Crippen LogP contribution < -0.4 is 10.6 Å². The Morgan fingerprint density at radius 1 is 1.06 bits per heavy atom. The van der Waals surface area contributed by atoms with Crippen LogP contribution in [0.5, 0.6) is 0 Å². The zero-order valence-electron chi connectivity index (χ0n) is 10.0. The average molecular weight is 251 g/mol. The fraction of sp³-hybridized carbons (Fsp3) is 0.571. The van der Waals surface area contributed by atoms with Crippen LogP contribution in [-0.4, -0.2) is 12.6 Å². The van der Waals surface area contributed by atoms with Gasteiger partial charge in [0.25, 0.3) is 0 Å². The van der Waals surface area contributed by atoms with Crippen molar-refractivity contribution >= 4 is 23.0 Å². The predicted molar refractivity (Wildman–Crippen MR) is 73.9 cm³/mol. The summed E-state index contributed by atoms with van der Waals surface area (Å²) in [5, 5.41) is 7.98. The summed E-state index contributed by atoms with van der Waals surface area (Å²) in [6, 6.07) is 6.60. The molecule has 2 N–H and O–H groups in total. The first-order valence-electron chi connectivity index (χ1n) is 6.63. The quantitative estimate of drug-likeness (QED) is 0.783. The summed E-state index contributed by atoms with van der Waals surface area (Å²) in [7, 11) is 0. The Morgan fingerprint density at radius 3 is 2.71 bits per heavy atom. The Kier molecular flexibility index (Phi) is 3.15. The molecule has 1 heterocycles. The minimum absolute atomic E-state index is 0.571. The van der Waals surface area contributed by atoms with Gasteiger partial charge in [-0.3, -0.25) is 0 Å². The number of halogens is 1. The highest BCUT2D eigenvalue weighted by Crippen LogP contribution is 2.34. The lowest BCUT2D eigenvalue weighted by Gasteiger charge is -2.36. The Bertz CT molecular complexity index is 399. The molecule has 17 heavy (non-hydrogen) atoms. The molecule has 1 aliphatic carbocycles. The number of hydrogen-bond acceptors (Lipinski definition) is 2. The lowest BCUT2D eigenvalue weighted by atomic mass is 9.83. The second kappa shape index (κ2) is 4.77. The van der Waals surface area contributed by atoms with E-state index in [4.69, 9.17) is 11.6 Å². The highest BCUT2D eigenvalue weighted by atomic mass is 35.5. The molecule has 92 valence electrons. The van der Waals surface area contributed by atoms with Crippen molar-refractivity contribution in [3.63, 3.8) is 0 Å². The van der Waals surface area contributed by atoms with E-state index in [2.05, 4.69) is 16.7 Å². The van der Waals surface area contributed by atoms with Crippen LogP contribution in [0.3, 0.4) is 0 Å². The van der Waals surface area contributed by atoms with E-state index >= 15 is 0 Å². The Balaban J connectivity index is 1.75. The highest BCUT2D eigenvalue weighted by Gasteiger charge is 2.26. The summed E-state index contributed by atoms with van der Waals surface area (Å²) in [4.78, 5) is 0. The van der Waals surface area contributed by atoms with Crippen molar-refractivity contribution in [2.75, 3.05) is 17.2 Å². The van der Waals surface area contributed by atoms with E-state index in [1.165, 1.54) is 43.5 Å². The van der Waals surface area contributed by atoms with Crippen LogP contribution in [-0.2, 0) is 0 Å². The number of benzene rings is 1. The van der Waals surface area contributed by atoms with Gasteiger partial charge in [-0.1, -0.05) is 30.9 Å². The predicted octanol–water partition coefficient (Wildman–Crippen LogP) is 4.13. The maximum absolute atomic E-state index is 6.04. The van der Waals surface area contributed by atoms with Crippen LogP contribution in [0.2, 0.25) is 5.02 Å². The molecule has 2 nitrogen and oxygen atoms in total. The second-order valence-electron chi connectivity index (χ2n) is 5.22. The first-order valence-corrected chi connectivity index (χ1v) is 7.01. The summed E-state index contributed by atoms with van der Waals surface area (Å²) in [5.41, 5.74) is 2.35. The third-order valence-electron chi connectivity index (χ3n) is 4.05. The molecule has 1 aromatic rings. The maximum Gasteiger partial charge on any atom is 0.0593 e. The van der Waals surface area contributed by atoms with Gasteiger partial charge in [0.1, 0.15) is 0 Å². The minimum Gasteiger partial charge on any atom is -0.381 e. The molecular formula is C14H19ClN2. The van der Waals surface area contributed by atoms with Gasteiger partial charge in [0.15, 0.2) is 0 Å². The summed E-state index contributed by atoms with van der Waals surface area (Å²) in [6.07, 6.45) is 6.94. The van der Waals surface area contributed by atoms with Crippen LogP contribution >= 0.6 is 11.6 Å². The van der Waals surface area contributed by atoms with E-state index in [1.54, 1.807) is 0 Å². The number of rotatable bonds is 1. The molecule has 0 spiro atoms. The fourth-order valence-electron chi connectivity index (χ4n) is 3.08. The molecule has 1 atom stereocenters. The Labute approximate surface area is 108 Å². The molecular weight excluding hydrogens is 232 g/mol. The summed E-state index contributed by atoms with van der Waals surface area (Å²) in [5.74, 6) is 0.823. The summed E-state index contributed by atoms with van der Waals surface area (Å²) in [6.45, 7) is 1.04. The zero-order valence-corrected chi connectivity index (χ0v) is 10.8. The summed E-state index contributed by atoms with van der Waals surface area (Å²) >= 11 is 6.04. The fourth-order valence-corrected chi connectivity index (χ4v) is 3.25. The molecule has 0 aromatic heterocycles. The van der Waals surface area contributed by atoms with Crippen molar-refractivity contribution in [2.24, 2.45) is 5.92 Å². The van der Waals surface area contributed by atoms with Gasteiger partial charge in [-0.25, -0.2) is 0 Å². The van der Waals surface area contributed by atoms with Crippen LogP contribution in [0.25, 0.3) is 0 Å². The molecule has 1 aliphatic heterocycles. The van der Waals surface area contributed by atoms with Crippen molar-refractivity contribution in [1.29, 1.82) is 0 Å². The van der Waals surface area contributed by atoms with Crippen molar-refractivity contribution in [3.05, 3.63) is 23.2 Å². The molecule has 1 fully saturated rings. The van der Waals surface area contributed by atoms with Gasteiger partial charge < -0.3 is 10.6 Å². The number of hydrogen-bond donors (Lipinski definition) is 2. The normalized spacial score (nSPS) is 24.6. The van der Waals surface area contributed by atoms with E-state index in [1.807, 2.05) is 12.1 Å². The van der Waals surface area contributed by atoms with Gasteiger partial charge in [-0.15, -0.1) is 0 Å². The molecule has 1 aromatic carbocycles. The first kappa shape index (κ1) is 11.2. The van der Waals surface area contributed by atoms with Crippen molar-refractivity contribution in [2.45, 2.75) is 38.1 Å². The average Bonchev–Trinajstić information content (AvgIpc) is 2.39. The second-order valence-corrected chi connectivity index (χ2v) is 5.66. The third-order valence-corrected chi connectivity index (χ3v) is 4.29. The maximum atomic E-state index is 6.04. The number of nitrogens with one attached hydrogen (secondary N) is 2. The lowest BCUT2D eigenvalue weighted by Crippen LogP contribution is -2.39. The van der Waals surface area contributed by atoms with Gasteiger partial charge in [-0.2, -0.15) is 0 Å². The van der Waals surface area contributed by atoms with Crippen molar-refractivity contribution < 1.29 is 0 Å². The molecule has 3 heteroatoms. The lowest BCUT2D eigenvalue weighted by molar-refractivity contribution is 0.322. The van der Waals surface area contributed by atoms with Crippen LogP contribution in [0.1, 0.15) is 32.1 Å². The molecule has 0 amide bonds. The third kappa shape index (κ3) is 2.37. The van der Waals surface area contributed by atoms with Gasteiger partial charge in [-0.05, 0) is 37.0 Å². The smallest absolute Gasteiger partial charge is 0.0593 e. The molecule has 1 saturated carbocycles. The van der Waals surface area contributed by atoms with E-state index in [9.17, 15) is 0 Å². The van der Waals surface area contributed by atoms with Gasteiger partial charge in [0, 0.05) is 17.6 Å². The van der Waals surface area contributed by atoms with Crippen molar-refractivity contribution in [3.8, 4) is 0 Å². The molecule has 0 radical (unpaired) electrons. The van der Waals surface area contributed by atoms with Gasteiger partial charge in [0.05, 0.1) is 11.4 Å². The topological polar surface area (TPSA) is 24.1 Å². The molecule has 3 rings (SSSR count). The van der Waals surface area contributed by atoms with Crippen LogP contribution in [0.4, 0.5) is 11.4 Å². The van der Waals surface area contributed by atoms with Crippen LogP contribution in [0, 0.1) is 5.92 Å². The first-order chi connectivity index (χ1) is 8.33. The van der Waals surface area contributed by atoms with E-state index in [0.29, 0.717) is 6.04 Å². The molecule has 0 saturated heterocycles. The van der Waals surface area contributed by atoms with Crippen LogP contribution in [0.15, 0.2) is 18.2 Å². The zero-order chi connectivity index (χ0) is 11.7. The highest BCUT2D eigenvalue weighted by molar-refractivity contribution is 6.31. The number of anilines is 2. The van der Waals surface area contributed by atoms with E-state index < -0.39 is 0 Å². The SMILES string of the molecule is Clc1ccc2c(c1)NC(C1CCCCC1)CN2. The van der Waals surface area contributed by atoms with Crippen molar-refractivity contribution in [1.82, 2.24) is 0 Å². The van der Waals surface area contributed by atoms with E-state index in [-0.39, 0.29) is 0 Å². The standard InChI is InChI=1S/C14H19ClN2/c15-11-6-7-12-13(8-11)17-14(9-16-12)10-4-2-1-3-5-10/h6-8,10,14,16-17H,1-5,9H2. The molecule has 1 unspecified atom stereocenters. The van der Waals surface area contributed by atoms with Gasteiger partial charge in [0.2, 0.25) is 0 Å². The minimum atomic E-state index is 0.571. The molecule has 2 aliphatic rings.